The summed E-state index contributed by atoms with van der Waals surface area (Å²) in [6.07, 6.45) is 2.01. The Morgan fingerprint density at radius 2 is 1.60 bits per heavy atom. The Morgan fingerprint density at radius 1 is 0.976 bits per heavy atom. The quantitative estimate of drug-likeness (QED) is 0.257. The molecule has 210 valence electrons. The fraction of sp³-hybridized carbons (Fsp3) is 0.212. The Morgan fingerprint density at radius 3 is 2.17 bits per heavy atom. The zero-order valence-electron chi connectivity index (χ0n) is 22.9. The molecule has 0 bridgehead atoms. The summed E-state index contributed by atoms with van der Waals surface area (Å²) in [6, 6.07) is 20.5. The molecule has 0 atom stereocenters. The SMILES string of the molecule is CCn1cc(C(=O)O)c(=O)c2cc(F)c(N3CCN(C(=O)C(C#N)=C4c5ccccc5Cc5ccccc54)CC3)cc21. The minimum Gasteiger partial charge on any atom is -0.477 e. The maximum Gasteiger partial charge on any atom is 0.341 e. The van der Waals surface area contributed by atoms with Crippen LogP contribution in [0.4, 0.5) is 10.1 Å². The molecule has 9 heteroatoms. The number of nitrogens with zero attached hydrogens (tertiary/aromatic N) is 4. The van der Waals surface area contributed by atoms with Gasteiger partial charge in [-0.2, -0.15) is 5.26 Å². The molecular formula is C33H27FN4O4. The number of halogens is 1. The van der Waals surface area contributed by atoms with Crippen molar-refractivity contribution in [2.45, 2.75) is 19.9 Å². The third-order valence-electron chi connectivity index (χ3n) is 8.16. The van der Waals surface area contributed by atoms with Crippen LogP contribution in [-0.2, 0) is 17.8 Å². The number of hydrogen-bond acceptors (Lipinski definition) is 5. The zero-order chi connectivity index (χ0) is 29.5. The molecule has 42 heavy (non-hydrogen) atoms. The number of aromatic nitrogens is 1. The first-order chi connectivity index (χ1) is 20.3. The van der Waals surface area contributed by atoms with Gasteiger partial charge < -0.3 is 19.5 Å². The van der Waals surface area contributed by atoms with Gasteiger partial charge in [0.15, 0.2) is 0 Å². The molecule has 0 radical (unpaired) electrons. The van der Waals surface area contributed by atoms with E-state index in [1.807, 2.05) is 55.5 Å². The number of carbonyl (C=O) groups excluding carboxylic acids is 1. The molecule has 0 spiro atoms. The summed E-state index contributed by atoms with van der Waals surface area (Å²) in [5.74, 6) is -2.36. The molecule has 1 aromatic heterocycles. The number of anilines is 1. The molecule has 4 aromatic rings. The minimum atomic E-state index is -1.36. The number of nitriles is 1. The number of amides is 1. The number of carboxylic acids is 1. The number of pyridine rings is 1. The van der Waals surface area contributed by atoms with Crippen molar-refractivity contribution >= 4 is 34.0 Å². The summed E-state index contributed by atoms with van der Waals surface area (Å²) >= 11 is 0. The Balaban J connectivity index is 1.31. The Hall–Kier alpha value is -5.23. The predicted octanol–water partition coefficient (Wildman–Crippen LogP) is 4.44. The molecule has 1 saturated heterocycles. The van der Waals surface area contributed by atoms with Crippen molar-refractivity contribution in [3.05, 3.63) is 116 Å². The van der Waals surface area contributed by atoms with Gasteiger partial charge in [0.1, 0.15) is 23.0 Å². The molecule has 8 nitrogen and oxygen atoms in total. The summed E-state index contributed by atoms with van der Waals surface area (Å²) in [7, 11) is 0. The van der Waals surface area contributed by atoms with Gasteiger partial charge in [0, 0.05) is 49.9 Å². The number of rotatable bonds is 4. The monoisotopic (exact) mass is 562 g/mol. The van der Waals surface area contributed by atoms with E-state index in [0.717, 1.165) is 34.7 Å². The number of aromatic carboxylic acids is 1. The van der Waals surface area contributed by atoms with E-state index < -0.39 is 22.8 Å². The number of hydrogen-bond donors (Lipinski definition) is 1. The lowest BCUT2D eigenvalue weighted by molar-refractivity contribution is -0.126. The highest BCUT2D eigenvalue weighted by molar-refractivity contribution is 6.09. The van der Waals surface area contributed by atoms with Crippen LogP contribution in [0.25, 0.3) is 16.5 Å². The van der Waals surface area contributed by atoms with Gasteiger partial charge in [-0.25, -0.2) is 9.18 Å². The maximum absolute atomic E-state index is 15.3. The second-order valence-electron chi connectivity index (χ2n) is 10.4. The van der Waals surface area contributed by atoms with Gasteiger partial charge in [-0.3, -0.25) is 9.59 Å². The van der Waals surface area contributed by atoms with Crippen molar-refractivity contribution in [3.8, 4) is 6.07 Å². The summed E-state index contributed by atoms with van der Waals surface area (Å²) in [5.41, 5.74) is 4.18. The molecule has 1 N–H and O–H groups in total. The van der Waals surface area contributed by atoms with E-state index in [4.69, 9.17) is 0 Å². The second-order valence-corrected chi connectivity index (χ2v) is 10.4. The van der Waals surface area contributed by atoms with E-state index in [1.54, 1.807) is 20.4 Å². The average molecular weight is 563 g/mol. The molecule has 2 heterocycles. The molecule has 6 rings (SSSR count). The smallest absolute Gasteiger partial charge is 0.341 e. The van der Waals surface area contributed by atoms with Crippen LogP contribution in [0.5, 0.6) is 0 Å². The van der Waals surface area contributed by atoms with Gasteiger partial charge in [0.05, 0.1) is 11.2 Å². The Labute approximate surface area is 241 Å². The molecule has 0 unspecified atom stereocenters. The minimum absolute atomic E-state index is 0.00476. The third-order valence-corrected chi connectivity index (χ3v) is 8.16. The first-order valence-corrected chi connectivity index (χ1v) is 13.8. The maximum atomic E-state index is 15.3. The number of benzene rings is 3. The van der Waals surface area contributed by atoms with Crippen LogP contribution in [0.15, 0.2) is 77.2 Å². The van der Waals surface area contributed by atoms with E-state index in [-0.39, 0.29) is 35.6 Å². The van der Waals surface area contributed by atoms with Gasteiger partial charge in [0.25, 0.3) is 5.91 Å². The summed E-state index contributed by atoms with van der Waals surface area (Å²) in [4.78, 5) is 41.5. The first kappa shape index (κ1) is 27.0. The number of fused-ring (bicyclic) bond motifs is 3. The van der Waals surface area contributed by atoms with Crippen LogP contribution in [0.1, 0.15) is 39.5 Å². The van der Waals surface area contributed by atoms with E-state index in [9.17, 15) is 24.8 Å². The molecule has 0 saturated carbocycles. The van der Waals surface area contributed by atoms with Crippen LogP contribution in [0, 0.1) is 17.1 Å². The molecule has 1 aliphatic carbocycles. The second kappa shape index (κ2) is 10.6. The van der Waals surface area contributed by atoms with Crippen molar-refractivity contribution in [2.75, 3.05) is 31.1 Å². The number of aryl methyl sites for hydroxylation is 1. The fourth-order valence-electron chi connectivity index (χ4n) is 6.03. The van der Waals surface area contributed by atoms with Crippen molar-refractivity contribution in [1.29, 1.82) is 5.26 Å². The lowest BCUT2D eigenvalue weighted by Crippen LogP contribution is -2.49. The lowest BCUT2D eigenvalue weighted by atomic mass is 9.80. The number of piperazine rings is 1. The van der Waals surface area contributed by atoms with E-state index in [0.29, 0.717) is 30.7 Å². The molecule has 1 amide bonds. The number of carbonyl (C=O) groups is 2. The van der Waals surface area contributed by atoms with E-state index >= 15 is 4.39 Å². The van der Waals surface area contributed by atoms with Crippen LogP contribution in [-0.4, -0.2) is 52.6 Å². The normalized spacial score (nSPS) is 14.3. The van der Waals surface area contributed by atoms with Crippen molar-refractivity contribution in [1.82, 2.24) is 9.47 Å². The molecular weight excluding hydrogens is 535 g/mol. The van der Waals surface area contributed by atoms with E-state index in [2.05, 4.69) is 6.07 Å². The molecule has 1 fully saturated rings. The van der Waals surface area contributed by atoms with Gasteiger partial charge in [-0.1, -0.05) is 48.5 Å². The van der Waals surface area contributed by atoms with Crippen LogP contribution in [0.3, 0.4) is 0 Å². The Bertz CT molecular complexity index is 1860. The Kier molecular flexibility index (Phi) is 6.83. The highest BCUT2D eigenvalue weighted by Gasteiger charge is 2.31. The summed E-state index contributed by atoms with van der Waals surface area (Å²) in [6.45, 7) is 3.39. The van der Waals surface area contributed by atoms with Crippen LogP contribution in [0.2, 0.25) is 0 Å². The average Bonchev–Trinajstić information content (AvgIpc) is 3.01. The highest BCUT2D eigenvalue weighted by atomic mass is 19.1. The molecule has 1 aliphatic heterocycles. The van der Waals surface area contributed by atoms with Crippen LogP contribution >= 0.6 is 0 Å². The third kappa shape index (κ3) is 4.41. The number of carboxylic acid groups (broad SMARTS) is 1. The summed E-state index contributed by atoms with van der Waals surface area (Å²) in [5, 5.41) is 19.7. The van der Waals surface area contributed by atoms with E-state index in [1.165, 1.54) is 6.20 Å². The topological polar surface area (TPSA) is 107 Å². The first-order valence-electron chi connectivity index (χ1n) is 13.8. The van der Waals surface area contributed by atoms with Gasteiger partial charge in [0.2, 0.25) is 5.43 Å². The molecule has 3 aromatic carbocycles. The summed E-state index contributed by atoms with van der Waals surface area (Å²) < 4.78 is 17.0. The van der Waals surface area contributed by atoms with Crippen molar-refractivity contribution < 1.29 is 19.1 Å². The van der Waals surface area contributed by atoms with Gasteiger partial charge in [-0.15, -0.1) is 0 Å². The molecule has 2 aliphatic rings. The lowest BCUT2D eigenvalue weighted by Gasteiger charge is -2.36. The van der Waals surface area contributed by atoms with Crippen molar-refractivity contribution in [2.24, 2.45) is 0 Å². The van der Waals surface area contributed by atoms with Gasteiger partial charge in [-0.05, 0) is 47.7 Å². The standard InChI is InChI=1S/C33H27FN4O4/c1-2-36-19-26(33(41)42)31(39)24-16-27(34)29(17-28(24)36)37-11-13-38(14-12-37)32(40)25(18-35)30-22-9-5-3-7-20(22)15-21-8-4-6-10-23(21)30/h3-10,16-17,19H,2,11-15H2,1H3,(H,41,42). The fourth-order valence-corrected chi connectivity index (χ4v) is 6.03. The largest absolute Gasteiger partial charge is 0.477 e. The van der Waals surface area contributed by atoms with Gasteiger partial charge >= 0.3 is 5.97 Å². The highest BCUT2D eigenvalue weighted by Crippen LogP contribution is 2.38. The van der Waals surface area contributed by atoms with Crippen molar-refractivity contribution in [3.63, 3.8) is 0 Å². The zero-order valence-corrected chi connectivity index (χ0v) is 22.9. The van der Waals surface area contributed by atoms with Crippen LogP contribution < -0.4 is 10.3 Å². The predicted molar refractivity (Wildman–Crippen MR) is 157 cm³/mol.